The van der Waals surface area contributed by atoms with Crippen molar-refractivity contribution in [2.24, 2.45) is 0 Å². The summed E-state index contributed by atoms with van der Waals surface area (Å²) >= 11 is 5.94. The molecule has 2 fully saturated rings. The molecule has 3 aliphatic rings. The highest BCUT2D eigenvalue weighted by Gasteiger charge is 2.58. The summed E-state index contributed by atoms with van der Waals surface area (Å²) in [7, 11) is 0. The van der Waals surface area contributed by atoms with Crippen LogP contribution in [0, 0.1) is 0 Å². The summed E-state index contributed by atoms with van der Waals surface area (Å²) in [5, 5.41) is 2.74. The number of imide groups is 1. The van der Waals surface area contributed by atoms with Gasteiger partial charge in [0, 0.05) is 40.2 Å². The van der Waals surface area contributed by atoms with Crippen LogP contribution in [0.2, 0.25) is 0 Å². The van der Waals surface area contributed by atoms with E-state index in [1.807, 2.05) is 60.7 Å². The van der Waals surface area contributed by atoms with Crippen LogP contribution in [0.1, 0.15) is 85.2 Å². The monoisotopic (exact) mass is 936 g/mol. The molecule has 356 valence electrons. The Morgan fingerprint density at radius 1 is 0.621 bits per heavy atom. The standard InChI is InChI=1S/C48H57ClN2O15/c1-29(52)50-39-43(63-32(4)55)41(62-31(3)54)38(28-60-30(2)53)64-47(39)66-42-37(27-58-25-33-17-9-7-10-18-33)65-48(59-24-16-6-5-15-23-49)40(44(42)61-26-34-19-11-8-12-20-34)51-45(56)35-21-13-14-22-36(35)46(51)57/h7-14,17-22,37-44,47-48H,5-6,15-16,23-28H2,1-4H3,(H,50,52)/t37-,38-,39-,40-,41+,42-,43-,44-,47+,48-/m1/s1. The third kappa shape index (κ3) is 13.2. The fourth-order valence-corrected chi connectivity index (χ4v) is 8.40. The van der Waals surface area contributed by atoms with E-state index in [1.54, 1.807) is 24.3 Å². The van der Waals surface area contributed by atoms with Gasteiger partial charge < -0.3 is 47.9 Å². The average molecular weight is 937 g/mol. The molecule has 3 aromatic carbocycles. The first kappa shape index (κ1) is 50.1. The number of nitrogens with zero attached hydrogens (tertiary/aromatic N) is 1. The minimum absolute atomic E-state index is 0.0475. The number of hydrogen-bond acceptors (Lipinski definition) is 15. The summed E-state index contributed by atoms with van der Waals surface area (Å²) in [4.78, 5) is 80.5. The molecule has 0 unspecified atom stereocenters. The van der Waals surface area contributed by atoms with Crippen LogP contribution in [-0.2, 0) is 75.0 Å². The summed E-state index contributed by atoms with van der Waals surface area (Å²) in [5.41, 5.74) is 1.94. The summed E-state index contributed by atoms with van der Waals surface area (Å²) in [6.45, 7) is 4.29. The minimum Gasteiger partial charge on any atom is -0.463 e. The van der Waals surface area contributed by atoms with Crippen LogP contribution in [0.5, 0.6) is 0 Å². The number of fused-ring (bicyclic) bond motifs is 1. The van der Waals surface area contributed by atoms with Crippen LogP contribution in [0.25, 0.3) is 0 Å². The van der Waals surface area contributed by atoms with E-state index in [2.05, 4.69) is 5.32 Å². The maximum absolute atomic E-state index is 14.5. The number of halogens is 1. The third-order valence-electron chi connectivity index (χ3n) is 11.1. The van der Waals surface area contributed by atoms with E-state index in [1.165, 1.54) is 13.8 Å². The van der Waals surface area contributed by atoms with Crippen LogP contribution in [0.3, 0.4) is 0 Å². The maximum atomic E-state index is 14.5. The van der Waals surface area contributed by atoms with Gasteiger partial charge in [-0.1, -0.05) is 85.6 Å². The summed E-state index contributed by atoms with van der Waals surface area (Å²) in [6.07, 6.45) is -7.72. The lowest BCUT2D eigenvalue weighted by Gasteiger charge is -2.51. The van der Waals surface area contributed by atoms with E-state index in [9.17, 15) is 28.8 Å². The van der Waals surface area contributed by atoms with Gasteiger partial charge in [0.1, 0.15) is 43.1 Å². The van der Waals surface area contributed by atoms with E-state index in [0.29, 0.717) is 12.3 Å². The smallest absolute Gasteiger partial charge is 0.303 e. The second kappa shape index (κ2) is 24.5. The Morgan fingerprint density at radius 3 is 1.77 bits per heavy atom. The highest BCUT2D eigenvalue weighted by Crippen LogP contribution is 2.38. The van der Waals surface area contributed by atoms with Crippen molar-refractivity contribution in [1.82, 2.24) is 10.2 Å². The van der Waals surface area contributed by atoms with Crippen LogP contribution in [-0.4, -0.2) is 128 Å². The molecule has 6 rings (SSSR count). The summed E-state index contributed by atoms with van der Waals surface area (Å²) in [6, 6.07) is 22.4. The first-order chi connectivity index (χ1) is 31.9. The molecule has 0 radical (unpaired) electrons. The number of ether oxygens (including phenoxy) is 9. The zero-order valence-electron chi connectivity index (χ0n) is 37.4. The summed E-state index contributed by atoms with van der Waals surface area (Å²) in [5.74, 6) is -3.58. The van der Waals surface area contributed by atoms with E-state index < -0.39 is 104 Å². The van der Waals surface area contributed by atoms with Gasteiger partial charge in [-0.3, -0.25) is 33.7 Å². The summed E-state index contributed by atoms with van der Waals surface area (Å²) < 4.78 is 56.7. The van der Waals surface area contributed by atoms with Crippen LogP contribution >= 0.6 is 11.6 Å². The molecule has 3 aromatic rings. The van der Waals surface area contributed by atoms with Gasteiger partial charge in [0.15, 0.2) is 24.8 Å². The minimum atomic E-state index is -1.60. The lowest BCUT2D eigenvalue weighted by atomic mass is 9.93. The largest absolute Gasteiger partial charge is 0.463 e. The molecule has 0 aliphatic carbocycles. The van der Waals surface area contributed by atoms with Gasteiger partial charge >= 0.3 is 17.9 Å². The molecule has 1 N–H and O–H groups in total. The molecule has 17 nitrogen and oxygen atoms in total. The fraction of sp³-hybridized carbons (Fsp3) is 0.500. The number of alkyl halides is 1. The van der Waals surface area contributed by atoms with Gasteiger partial charge in [0.2, 0.25) is 5.91 Å². The maximum Gasteiger partial charge on any atom is 0.303 e. The van der Waals surface area contributed by atoms with E-state index in [0.717, 1.165) is 49.1 Å². The van der Waals surface area contributed by atoms with Gasteiger partial charge in [-0.15, -0.1) is 11.6 Å². The Bertz CT molecular complexity index is 2080. The van der Waals surface area contributed by atoms with Gasteiger partial charge in [-0.2, -0.15) is 0 Å². The average Bonchev–Trinajstić information content (AvgIpc) is 3.54. The highest BCUT2D eigenvalue weighted by molar-refractivity contribution is 6.21. The molecule has 18 heteroatoms. The van der Waals surface area contributed by atoms with Gasteiger partial charge in [-0.25, -0.2) is 0 Å². The molecule has 0 aromatic heterocycles. The molecule has 3 amide bonds. The number of amides is 3. The normalized spacial score (nSPS) is 26.0. The Labute approximate surface area is 388 Å². The first-order valence-corrected chi connectivity index (χ1v) is 22.5. The lowest BCUT2D eigenvalue weighted by molar-refractivity contribution is -0.343. The molecule has 0 bridgehead atoms. The van der Waals surface area contributed by atoms with E-state index >= 15 is 0 Å². The molecular formula is C48H57ClN2O15. The van der Waals surface area contributed by atoms with Crippen molar-refractivity contribution in [1.29, 1.82) is 0 Å². The molecule has 10 atom stereocenters. The van der Waals surface area contributed by atoms with E-state index in [4.69, 9.17) is 54.2 Å². The predicted octanol–water partition coefficient (Wildman–Crippen LogP) is 5.04. The number of carbonyl (C=O) groups is 6. The third-order valence-corrected chi connectivity index (χ3v) is 11.4. The highest BCUT2D eigenvalue weighted by atomic mass is 35.5. The second-order valence-electron chi connectivity index (χ2n) is 16.1. The molecule has 0 spiro atoms. The first-order valence-electron chi connectivity index (χ1n) is 22.0. The number of hydrogen-bond donors (Lipinski definition) is 1. The Hall–Kier alpha value is -5.27. The zero-order chi connectivity index (χ0) is 47.2. The number of carbonyl (C=O) groups excluding carboxylic acids is 6. The van der Waals surface area contributed by atoms with Crippen molar-refractivity contribution in [3.05, 3.63) is 107 Å². The molecular weight excluding hydrogens is 880 g/mol. The Morgan fingerprint density at radius 2 is 1.18 bits per heavy atom. The predicted molar refractivity (Wildman–Crippen MR) is 235 cm³/mol. The number of esters is 3. The molecule has 3 aliphatic heterocycles. The lowest BCUT2D eigenvalue weighted by Crippen LogP contribution is -2.70. The Balaban J connectivity index is 1.47. The quantitative estimate of drug-likeness (QED) is 0.0462. The topological polar surface area (TPSA) is 201 Å². The number of unbranched alkanes of at least 4 members (excludes halogenated alkanes) is 3. The molecule has 2 saturated heterocycles. The van der Waals surface area contributed by atoms with Gasteiger partial charge in [0.25, 0.3) is 11.8 Å². The number of benzene rings is 3. The molecule has 3 heterocycles. The second-order valence-corrected chi connectivity index (χ2v) is 16.5. The molecule has 0 saturated carbocycles. The Kier molecular flexibility index (Phi) is 18.6. The molecule has 66 heavy (non-hydrogen) atoms. The van der Waals surface area contributed by atoms with Gasteiger partial charge in [-0.05, 0) is 36.1 Å². The SMILES string of the molecule is CC(=O)N[C@H]1[C@H](O[C@H]2[C@H](OCc3ccccc3)[C@@H](N3C(=O)c4ccccc4C3=O)[C@H](OCCCCCCCl)O[C@@H]2COCc2ccccc2)O[C@H](COC(C)=O)[C@H](OC(C)=O)[C@@H]1OC(C)=O. The zero-order valence-corrected chi connectivity index (χ0v) is 38.1. The number of rotatable bonds is 22. The van der Waals surface area contributed by atoms with Gasteiger partial charge in [0.05, 0.1) is 30.9 Å². The van der Waals surface area contributed by atoms with Crippen molar-refractivity contribution in [3.63, 3.8) is 0 Å². The van der Waals surface area contributed by atoms with E-state index in [-0.39, 0.29) is 37.6 Å². The van der Waals surface area contributed by atoms with Crippen molar-refractivity contribution >= 4 is 47.2 Å². The van der Waals surface area contributed by atoms with Crippen LogP contribution in [0.4, 0.5) is 0 Å². The fourth-order valence-electron chi connectivity index (χ4n) is 8.21. The van der Waals surface area contributed by atoms with Crippen molar-refractivity contribution in [3.8, 4) is 0 Å². The number of nitrogens with one attached hydrogen (secondary N) is 1. The van der Waals surface area contributed by atoms with Crippen molar-refractivity contribution in [2.45, 2.75) is 128 Å². The van der Waals surface area contributed by atoms with Crippen LogP contribution < -0.4 is 5.32 Å². The van der Waals surface area contributed by atoms with Crippen molar-refractivity contribution in [2.75, 3.05) is 25.7 Å². The van der Waals surface area contributed by atoms with Crippen LogP contribution in [0.15, 0.2) is 84.9 Å². The van der Waals surface area contributed by atoms with Crippen molar-refractivity contribution < 1.29 is 71.4 Å².